The van der Waals surface area contributed by atoms with Crippen LogP contribution in [0.1, 0.15) is 15.9 Å². The van der Waals surface area contributed by atoms with Crippen LogP contribution in [-0.4, -0.2) is 30.8 Å². The summed E-state index contributed by atoms with van der Waals surface area (Å²) in [5.41, 5.74) is 3.60. The Bertz CT molecular complexity index is 1010. The fraction of sp³-hybridized carbons (Fsp3) is 0.111. The van der Waals surface area contributed by atoms with Crippen molar-refractivity contribution in [1.82, 2.24) is 10.2 Å². The zero-order valence-corrected chi connectivity index (χ0v) is 14.6. The van der Waals surface area contributed by atoms with Crippen LogP contribution in [-0.2, 0) is 9.84 Å². The van der Waals surface area contributed by atoms with Crippen LogP contribution in [0.3, 0.4) is 0 Å². The summed E-state index contributed by atoms with van der Waals surface area (Å²) in [5, 5.41) is 9.45. The van der Waals surface area contributed by atoms with Crippen LogP contribution in [0.25, 0.3) is 11.1 Å². The highest BCUT2D eigenvalue weighted by Crippen LogP contribution is 2.21. The van der Waals surface area contributed by atoms with E-state index in [0.717, 1.165) is 17.4 Å². The highest BCUT2D eigenvalue weighted by molar-refractivity contribution is 7.90. The van der Waals surface area contributed by atoms with E-state index in [1.165, 1.54) is 12.1 Å². The smallest absolute Gasteiger partial charge is 0.255 e. The number of hydrogen-bond donors (Lipinski definition) is 2. The molecule has 1 aromatic heterocycles. The number of anilines is 1. The molecule has 0 fully saturated rings. The Morgan fingerprint density at radius 1 is 1.08 bits per heavy atom. The second-order valence-electron chi connectivity index (χ2n) is 5.77. The number of H-pyrrole nitrogens is 1. The average molecular weight is 355 g/mol. The van der Waals surface area contributed by atoms with E-state index in [9.17, 15) is 13.2 Å². The highest BCUT2D eigenvalue weighted by Gasteiger charge is 2.14. The van der Waals surface area contributed by atoms with E-state index in [4.69, 9.17) is 0 Å². The molecular weight excluding hydrogens is 338 g/mol. The molecule has 7 heteroatoms. The van der Waals surface area contributed by atoms with E-state index in [2.05, 4.69) is 15.5 Å². The third kappa shape index (κ3) is 3.77. The van der Waals surface area contributed by atoms with Gasteiger partial charge < -0.3 is 5.32 Å². The van der Waals surface area contributed by atoms with Crippen molar-refractivity contribution in [2.24, 2.45) is 0 Å². The minimum absolute atomic E-state index is 0.124. The van der Waals surface area contributed by atoms with Gasteiger partial charge in [0.05, 0.1) is 11.1 Å². The van der Waals surface area contributed by atoms with Crippen molar-refractivity contribution in [1.29, 1.82) is 0 Å². The zero-order chi connectivity index (χ0) is 18.0. The van der Waals surface area contributed by atoms with Crippen molar-refractivity contribution >= 4 is 21.4 Å². The van der Waals surface area contributed by atoms with Gasteiger partial charge in [0.1, 0.15) is 0 Å². The summed E-state index contributed by atoms with van der Waals surface area (Å²) >= 11 is 0. The van der Waals surface area contributed by atoms with Crippen molar-refractivity contribution in [3.05, 3.63) is 66.0 Å². The van der Waals surface area contributed by atoms with E-state index in [-0.39, 0.29) is 10.8 Å². The fourth-order valence-electron chi connectivity index (χ4n) is 2.43. The lowest BCUT2D eigenvalue weighted by Gasteiger charge is -2.10. The first kappa shape index (κ1) is 16.9. The molecule has 0 radical (unpaired) electrons. The molecule has 0 atom stereocenters. The van der Waals surface area contributed by atoms with Gasteiger partial charge in [-0.25, -0.2) is 8.42 Å². The van der Waals surface area contributed by atoms with Crippen molar-refractivity contribution < 1.29 is 13.2 Å². The fourth-order valence-corrected chi connectivity index (χ4v) is 3.08. The Morgan fingerprint density at radius 2 is 1.80 bits per heavy atom. The summed E-state index contributed by atoms with van der Waals surface area (Å²) in [4.78, 5) is 12.6. The molecule has 25 heavy (non-hydrogen) atoms. The van der Waals surface area contributed by atoms with Crippen molar-refractivity contribution in [2.75, 3.05) is 11.6 Å². The number of hydrogen-bond acceptors (Lipinski definition) is 4. The summed E-state index contributed by atoms with van der Waals surface area (Å²) < 4.78 is 23.4. The van der Waals surface area contributed by atoms with Gasteiger partial charge in [-0.3, -0.25) is 9.89 Å². The Labute approximate surface area is 145 Å². The molecule has 0 aliphatic rings. The lowest BCUT2D eigenvalue weighted by atomic mass is 10.1. The largest absolute Gasteiger partial charge is 0.322 e. The van der Waals surface area contributed by atoms with Gasteiger partial charge in [-0.2, -0.15) is 5.10 Å². The second-order valence-corrected chi connectivity index (χ2v) is 7.78. The molecule has 0 aliphatic carbocycles. The standard InChI is InChI=1S/C18H17N3O3S/c1-12-3-8-16(25(2,23)24)9-17(12)18(22)21-15-6-4-13(5-7-15)14-10-19-20-11-14/h3-11H,1-2H3,(H,19,20)(H,21,22). The number of rotatable bonds is 4. The number of sulfone groups is 1. The van der Waals surface area contributed by atoms with Gasteiger partial charge in [0.25, 0.3) is 5.91 Å². The topological polar surface area (TPSA) is 91.9 Å². The number of nitrogens with one attached hydrogen (secondary N) is 2. The number of carbonyl (C=O) groups excluding carboxylic acids is 1. The maximum Gasteiger partial charge on any atom is 0.255 e. The number of nitrogens with zero attached hydrogens (tertiary/aromatic N) is 1. The molecule has 0 unspecified atom stereocenters. The molecular formula is C18H17N3O3S. The highest BCUT2D eigenvalue weighted by atomic mass is 32.2. The van der Waals surface area contributed by atoms with Crippen LogP contribution < -0.4 is 5.32 Å². The quantitative estimate of drug-likeness (QED) is 0.752. The van der Waals surface area contributed by atoms with Crippen LogP contribution in [0.2, 0.25) is 0 Å². The lowest BCUT2D eigenvalue weighted by molar-refractivity contribution is 0.102. The first-order valence-corrected chi connectivity index (χ1v) is 9.45. The van der Waals surface area contributed by atoms with Gasteiger partial charge in [0, 0.05) is 29.3 Å². The Morgan fingerprint density at radius 3 is 2.40 bits per heavy atom. The number of aromatic amines is 1. The molecule has 0 saturated carbocycles. The molecule has 2 aromatic carbocycles. The number of aromatic nitrogens is 2. The Hall–Kier alpha value is -2.93. The van der Waals surface area contributed by atoms with Crippen molar-refractivity contribution in [2.45, 2.75) is 11.8 Å². The Kier molecular flexibility index (Phi) is 4.41. The van der Waals surface area contributed by atoms with Crippen LogP contribution >= 0.6 is 0 Å². The number of benzene rings is 2. The maximum absolute atomic E-state index is 12.5. The van der Waals surface area contributed by atoms with E-state index in [0.29, 0.717) is 16.8 Å². The van der Waals surface area contributed by atoms with Gasteiger partial charge in [-0.05, 0) is 42.3 Å². The van der Waals surface area contributed by atoms with Gasteiger partial charge in [0.2, 0.25) is 0 Å². The minimum atomic E-state index is -3.37. The summed E-state index contributed by atoms with van der Waals surface area (Å²) in [7, 11) is -3.37. The second kappa shape index (κ2) is 6.52. The van der Waals surface area contributed by atoms with Gasteiger partial charge in [0.15, 0.2) is 9.84 Å². The summed E-state index contributed by atoms with van der Waals surface area (Å²) in [6.07, 6.45) is 4.62. The molecule has 6 nitrogen and oxygen atoms in total. The first-order valence-electron chi connectivity index (χ1n) is 7.56. The maximum atomic E-state index is 12.5. The third-order valence-electron chi connectivity index (χ3n) is 3.86. The van der Waals surface area contributed by atoms with Crippen LogP contribution in [0.5, 0.6) is 0 Å². The minimum Gasteiger partial charge on any atom is -0.322 e. The van der Waals surface area contributed by atoms with Gasteiger partial charge in [-0.15, -0.1) is 0 Å². The van der Waals surface area contributed by atoms with Crippen molar-refractivity contribution in [3.63, 3.8) is 0 Å². The van der Waals surface area contributed by atoms with Gasteiger partial charge in [-0.1, -0.05) is 18.2 Å². The SMILES string of the molecule is Cc1ccc(S(C)(=O)=O)cc1C(=O)Nc1ccc(-c2cn[nH]c2)cc1. The van der Waals surface area contributed by atoms with Crippen LogP contribution in [0, 0.1) is 6.92 Å². The van der Waals surface area contributed by atoms with E-state index in [1.807, 2.05) is 12.1 Å². The number of aryl methyl sites for hydroxylation is 1. The molecule has 0 aliphatic heterocycles. The van der Waals surface area contributed by atoms with E-state index < -0.39 is 9.84 Å². The predicted octanol–water partition coefficient (Wildman–Crippen LogP) is 3.04. The molecule has 0 spiro atoms. The Balaban J connectivity index is 1.83. The molecule has 128 valence electrons. The predicted molar refractivity (Wildman–Crippen MR) is 96.3 cm³/mol. The molecule has 2 N–H and O–H groups in total. The van der Waals surface area contributed by atoms with E-state index in [1.54, 1.807) is 37.5 Å². The number of carbonyl (C=O) groups is 1. The van der Waals surface area contributed by atoms with Gasteiger partial charge >= 0.3 is 0 Å². The average Bonchev–Trinajstić information content (AvgIpc) is 3.09. The zero-order valence-electron chi connectivity index (χ0n) is 13.8. The summed E-state index contributed by atoms with van der Waals surface area (Å²) in [6, 6.07) is 11.9. The monoisotopic (exact) mass is 355 g/mol. The van der Waals surface area contributed by atoms with Crippen molar-refractivity contribution in [3.8, 4) is 11.1 Å². The third-order valence-corrected chi connectivity index (χ3v) is 4.97. The molecule has 0 saturated heterocycles. The van der Waals surface area contributed by atoms with Crippen LogP contribution in [0.4, 0.5) is 5.69 Å². The first-order chi connectivity index (χ1) is 11.8. The molecule has 3 rings (SSSR count). The normalized spacial score (nSPS) is 11.3. The molecule has 1 amide bonds. The number of amides is 1. The summed E-state index contributed by atoms with van der Waals surface area (Å²) in [6.45, 7) is 1.77. The van der Waals surface area contributed by atoms with Crippen LogP contribution in [0.15, 0.2) is 59.8 Å². The van der Waals surface area contributed by atoms with E-state index >= 15 is 0 Å². The molecule has 0 bridgehead atoms. The summed E-state index contributed by atoms with van der Waals surface area (Å²) in [5.74, 6) is -0.348. The lowest BCUT2D eigenvalue weighted by Crippen LogP contribution is -2.14. The molecule has 1 heterocycles. The molecule has 3 aromatic rings.